The summed E-state index contributed by atoms with van der Waals surface area (Å²) in [7, 11) is -3.96. The molecule has 0 atom stereocenters. The number of nitrogen functional groups attached to an aromatic ring is 1. The average Bonchev–Trinajstić information content (AvgIpc) is 2.43. The van der Waals surface area contributed by atoms with Crippen LogP contribution >= 0.6 is 0 Å². The summed E-state index contributed by atoms with van der Waals surface area (Å²) in [5.41, 5.74) is 6.28. The lowest BCUT2D eigenvalue weighted by Gasteiger charge is -2.12. The summed E-state index contributed by atoms with van der Waals surface area (Å²) in [5, 5.41) is 8.66. The van der Waals surface area contributed by atoms with Gasteiger partial charge in [0.25, 0.3) is 10.0 Å². The lowest BCUT2D eigenvalue weighted by atomic mass is 10.2. The molecule has 0 heterocycles. The fraction of sp³-hybridized carbons (Fsp3) is 0.0714. The highest BCUT2D eigenvalue weighted by molar-refractivity contribution is 7.92. The van der Waals surface area contributed by atoms with E-state index in [2.05, 4.69) is 4.72 Å². The molecule has 0 unspecified atom stereocenters. The van der Waals surface area contributed by atoms with Gasteiger partial charge in [-0.2, -0.15) is 5.26 Å². The molecule has 0 spiro atoms. The van der Waals surface area contributed by atoms with Crippen LogP contribution in [0.1, 0.15) is 11.1 Å². The van der Waals surface area contributed by atoms with Crippen LogP contribution in [0.3, 0.4) is 0 Å². The Balaban J connectivity index is 2.43. The number of nitrogens with zero attached hydrogens (tertiary/aromatic N) is 1. The summed E-state index contributed by atoms with van der Waals surface area (Å²) in [4.78, 5) is -0.0220. The molecule has 0 bridgehead atoms. The van der Waals surface area contributed by atoms with Gasteiger partial charge in [-0.3, -0.25) is 4.72 Å². The predicted molar refractivity (Wildman–Crippen MR) is 77.5 cm³/mol. The van der Waals surface area contributed by atoms with Crippen LogP contribution in [0.15, 0.2) is 41.3 Å². The van der Waals surface area contributed by atoms with Crippen LogP contribution in [0.4, 0.5) is 15.8 Å². The molecule has 21 heavy (non-hydrogen) atoms. The van der Waals surface area contributed by atoms with Crippen LogP contribution < -0.4 is 10.5 Å². The molecule has 2 aromatic rings. The number of sulfonamides is 1. The smallest absolute Gasteiger partial charge is 0.262 e. The molecule has 0 saturated heterocycles. The summed E-state index contributed by atoms with van der Waals surface area (Å²) in [6, 6.07) is 9.73. The molecule has 0 radical (unpaired) electrons. The van der Waals surface area contributed by atoms with Crippen LogP contribution in [-0.4, -0.2) is 8.42 Å². The molecule has 0 aliphatic rings. The van der Waals surface area contributed by atoms with Gasteiger partial charge in [0, 0.05) is 5.69 Å². The van der Waals surface area contributed by atoms with E-state index >= 15 is 0 Å². The molecule has 2 rings (SSSR count). The number of rotatable bonds is 3. The number of hydrogen-bond acceptors (Lipinski definition) is 4. The monoisotopic (exact) mass is 305 g/mol. The van der Waals surface area contributed by atoms with E-state index in [9.17, 15) is 12.8 Å². The number of nitrogens with two attached hydrogens (primary N) is 1. The molecule has 0 aromatic heterocycles. The highest BCUT2D eigenvalue weighted by Crippen LogP contribution is 2.24. The maximum atomic E-state index is 13.8. The summed E-state index contributed by atoms with van der Waals surface area (Å²) >= 11 is 0. The van der Waals surface area contributed by atoms with E-state index in [4.69, 9.17) is 11.0 Å². The van der Waals surface area contributed by atoms with Gasteiger partial charge in [0.2, 0.25) is 0 Å². The summed E-state index contributed by atoms with van der Waals surface area (Å²) in [6.45, 7) is 1.57. The minimum atomic E-state index is -3.96. The molecule has 0 fully saturated rings. The Morgan fingerprint density at radius 2 is 2.00 bits per heavy atom. The van der Waals surface area contributed by atoms with Crippen molar-refractivity contribution in [2.45, 2.75) is 11.8 Å². The topological polar surface area (TPSA) is 96.0 Å². The average molecular weight is 305 g/mol. The minimum absolute atomic E-state index is 0.0220. The number of benzene rings is 2. The van der Waals surface area contributed by atoms with Crippen molar-refractivity contribution in [1.29, 1.82) is 5.26 Å². The van der Waals surface area contributed by atoms with Crippen molar-refractivity contribution in [2.24, 2.45) is 0 Å². The van der Waals surface area contributed by atoms with Crippen molar-refractivity contribution in [2.75, 3.05) is 10.5 Å². The summed E-state index contributed by atoms with van der Waals surface area (Å²) < 4.78 is 40.5. The van der Waals surface area contributed by atoms with E-state index in [1.54, 1.807) is 19.1 Å². The maximum Gasteiger partial charge on any atom is 0.262 e. The van der Waals surface area contributed by atoms with Gasteiger partial charge < -0.3 is 5.73 Å². The zero-order valence-corrected chi connectivity index (χ0v) is 11.9. The van der Waals surface area contributed by atoms with Crippen molar-refractivity contribution >= 4 is 21.4 Å². The molecular formula is C14H12FN3O2S. The fourth-order valence-corrected chi connectivity index (χ4v) is 3.13. The molecule has 7 heteroatoms. The second-order valence-corrected chi connectivity index (χ2v) is 6.03. The molecule has 108 valence electrons. The lowest BCUT2D eigenvalue weighted by Crippen LogP contribution is -2.15. The van der Waals surface area contributed by atoms with Crippen molar-refractivity contribution in [1.82, 2.24) is 0 Å². The van der Waals surface area contributed by atoms with E-state index in [0.717, 1.165) is 6.07 Å². The number of anilines is 2. The third-order valence-corrected chi connectivity index (χ3v) is 4.47. The highest BCUT2D eigenvalue weighted by Gasteiger charge is 2.19. The van der Waals surface area contributed by atoms with Gasteiger partial charge in [0.1, 0.15) is 5.82 Å². The molecule has 0 saturated carbocycles. The van der Waals surface area contributed by atoms with E-state index in [0.29, 0.717) is 11.3 Å². The van der Waals surface area contributed by atoms with Gasteiger partial charge in [0.15, 0.2) is 0 Å². The Bertz CT molecular complexity index is 842. The van der Waals surface area contributed by atoms with E-state index < -0.39 is 15.8 Å². The van der Waals surface area contributed by atoms with E-state index in [1.165, 1.54) is 24.3 Å². The SMILES string of the molecule is Cc1c(N)cccc1S(=O)(=O)Nc1ccc(C#N)cc1F. The van der Waals surface area contributed by atoms with Crippen molar-refractivity contribution in [3.63, 3.8) is 0 Å². The van der Waals surface area contributed by atoms with Crippen LogP contribution in [0.2, 0.25) is 0 Å². The van der Waals surface area contributed by atoms with E-state index in [-0.39, 0.29) is 16.1 Å². The maximum absolute atomic E-state index is 13.8. The number of hydrogen-bond donors (Lipinski definition) is 2. The van der Waals surface area contributed by atoms with Gasteiger partial charge >= 0.3 is 0 Å². The van der Waals surface area contributed by atoms with Crippen LogP contribution in [0.25, 0.3) is 0 Å². The van der Waals surface area contributed by atoms with Gasteiger partial charge in [-0.15, -0.1) is 0 Å². The fourth-order valence-electron chi connectivity index (χ4n) is 1.79. The quantitative estimate of drug-likeness (QED) is 0.851. The molecular weight excluding hydrogens is 293 g/mol. The third kappa shape index (κ3) is 2.95. The largest absolute Gasteiger partial charge is 0.398 e. The predicted octanol–water partition coefficient (Wildman–Crippen LogP) is 2.39. The minimum Gasteiger partial charge on any atom is -0.398 e. The summed E-state index contributed by atoms with van der Waals surface area (Å²) in [5.74, 6) is -0.820. The Hall–Kier alpha value is -2.59. The Morgan fingerprint density at radius 1 is 1.29 bits per heavy atom. The molecule has 0 aliphatic heterocycles. The van der Waals surface area contributed by atoms with Crippen LogP contribution in [0, 0.1) is 24.1 Å². The third-order valence-electron chi connectivity index (χ3n) is 2.96. The number of nitriles is 1. The number of halogens is 1. The van der Waals surface area contributed by atoms with Gasteiger partial charge in [-0.05, 0) is 42.8 Å². The van der Waals surface area contributed by atoms with Crippen LogP contribution in [0.5, 0.6) is 0 Å². The Kier molecular flexibility index (Phi) is 3.82. The molecule has 0 aliphatic carbocycles. The molecule has 2 aromatic carbocycles. The first-order chi connectivity index (χ1) is 9.85. The first-order valence-corrected chi connectivity index (χ1v) is 7.41. The second kappa shape index (κ2) is 5.42. The molecule has 3 N–H and O–H groups in total. The Morgan fingerprint density at radius 3 is 2.62 bits per heavy atom. The lowest BCUT2D eigenvalue weighted by molar-refractivity contribution is 0.598. The zero-order chi connectivity index (χ0) is 15.6. The van der Waals surface area contributed by atoms with E-state index in [1.807, 2.05) is 0 Å². The van der Waals surface area contributed by atoms with Crippen molar-refractivity contribution in [3.05, 3.63) is 53.3 Å². The second-order valence-electron chi connectivity index (χ2n) is 4.38. The molecule has 5 nitrogen and oxygen atoms in total. The normalized spacial score (nSPS) is 10.9. The van der Waals surface area contributed by atoms with Gasteiger partial charge in [-0.25, -0.2) is 12.8 Å². The summed E-state index contributed by atoms with van der Waals surface area (Å²) in [6.07, 6.45) is 0. The highest BCUT2D eigenvalue weighted by atomic mass is 32.2. The van der Waals surface area contributed by atoms with Gasteiger partial charge in [-0.1, -0.05) is 6.07 Å². The van der Waals surface area contributed by atoms with Crippen LogP contribution in [-0.2, 0) is 10.0 Å². The zero-order valence-electron chi connectivity index (χ0n) is 11.1. The molecule has 0 amide bonds. The Labute approximate surface area is 121 Å². The van der Waals surface area contributed by atoms with Crippen molar-refractivity contribution < 1.29 is 12.8 Å². The number of nitrogens with one attached hydrogen (secondary N) is 1. The van der Waals surface area contributed by atoms with Crippen molar-refractivity contribution in [3.8, 4) is 6.07 Å². The van der Waals surface area contributed by atoms with Gasteiger partial charge in [0.05, 0.1) is 22.2 Å². The first kappa shape index (κ1) is 14.8. The first-order valence-electron chi connectivity index (χ1n) is 5.92. The standard InChI is InChI=1S/C14H12FN3O2S/c1-9-12(17)3-2-4-14(9)21(19,20)18-13-6-5-10(8-16)7-11(13)15/h2-7,18H,17H2,1H3.